The fraction of sp³-hybridized carbons (Fsp3) is 0.308. The molecule has 0 spiro atoms. The van der Waals surface area contributed by atoms with Crippen molar-refractivity contribution < 1.29 is 19.7 Å². The topological polar surface area (TPSA) is 79.7 Å². The number of aromatic nitrogens is 1. The maximum atomic E-state index is 13.0. The number of hydrogen-bond acceptors (Lipinski definition) is 5. The molecule has 2 aromatic carbocycles. The van der Waals surface area contributed by atoms with E-state index in [1.165, 1.54) is 6.08 Å². The summed E-state index contributed by atoms with van der Waals surface area (Å²) in [7, 11) is 0. The van der Waals surface area contributed by atoms with Gasteiger partial charge in [-0.15, -0.1) is 0 Å². The molecule has 0 radical (unpaired) electrons. The van der Waals surface area contributed by atoms with Crippen LogP contribution in [0.15, 0.2) is 48.5 Å². The summed E-state index contributed by atoms with van der Waals surface area (Å²) >= 11 is 0. The van der Waals surface area contributed by atoms with Crippen molar-refractivity contribution in [2.45, 2.75) is 46.3 Å². The van der Waals surface area contributed by atoms with Gasteiger partial charge < -0.3 is 14.9 Å². The number of nitrogens with zero attached hydrogens (tertiary/aromatic N) is 1. The largest absolute Gasteiger partial charge is 0.488 e. The number of pyridine rings is 1. The minimum atomic E-state index is -1.23. The first-order chi connectivity index (χ1) is 14.6. The summed E-state index contributed by atoms with van der Waals surface area (Å²) in [5.74, 6) is 0.564. The number of rotatable bonds is 6. The Morgan fingerprint density at radius 1 is 1.13 bits per heavy atom. The Balaban J connectivity index is 1.95. The molecule has 0 saturated carbocycles. The summed E-state index contributed by atoms with van der Waals surface area (Å²) in [6.45, 7) is 9.48. The molecule has 5 nitrogen and oxygen atoms in total. The SMILES string of the molecule is Cc1cc(/C=C/C(=O)c2cc3ccccc3nc2C(O)CO)cc(C)c1OC(C)(C)C. The van der Waals surface area contributed by atoms with Gasteiger partial charge in [0.1, 0.15) is 17.5 Å². The van der Waals surface area contributed by atoms with E-state index in [2.05, 4.69) is 4.98 Å². The number of ketones is 1. The first-order valence-electron chi connectivity index (χ1n) is 10.3. The fourth-order valence-electron chi connectivity index (χ4n) is 3.48. The van der Waals surface area contributed by atoms with Gasteiger partial charge in [0.05, 0.1) is 17.8 Å². The average Bonchev–Trinajstić information content (AvgIpc) is 2.72. The van der Waals surface area contributed by atoms with E-state index in [4.69, 9.17) is 4.74 Å². The lowest BCUT2D eigenvalue weighted by atomic mass is 10.0. The number of ether oxygens (including phenoxy) is 1. The minimum absolute atomic E-state index is 0.178. The van der Waals surface area contributed by atoms with Gasteiger partial charge in [-0.25, -0.2) is 4.98 Å². The van der Waals surface area contributed by atoms with Gasteiger partial charge in [-0.05, 0) is 81.7 Å². The first-order valence-corrected chi connectivity index (χ1v) is 10.3. The fourth-order valence-corrected chi connectivity index (χ4v) is 3.48. The normalized spacial score (nSPS) is 13.0. The van der Waals surface area contributed by atoms with Crippen LogP contribution in [0.25, 0.3) is 17.0 Å². The Bertz CT molecular complexity index is 1120. The predicted molar refractivity (Wildman–Crippen MR) is 123 cm³/mol. The van der Waals surface area contributed by atoms with Crippen LogP contribution in [0.5, 0.6) is 5.75 Å². The van der Waals surface area contributed by atoms with Crippen molar-refractivity contribution in [3.8, 4) is 5.75 Å². The summed E-state index contributed by atoms with van der Waals surface area (Å²) in [6.07, 6.45) is 1.99. The molecule has 1 atom stereocenters. The standard InChI is InChI=1S/C26H29NO4/c1-16-12-18(13-17(2)25(16)31-26(3,4)5)10-11-22(29)20-14-19-8-6-7-9-21(19)27-24(20)23(30)15-28/h6-14,23,28,30H,15H2,1-5H3/b11-10+. The van der Waals surface area contributed by atoms with Crippen LogP contribution < -0.4 is 4.74 Å². The molecule has 1 heterocycles. The van der Waals surface area contributed by atoms with Gasteiger partial charge in [-0.1, -0.05) is 24.3 Å². The second-order valence-corrected chi connectivity index (χ2v) is 8.71. The van der Waals surface area contributed by atoms with Crippen LogP contribution in [0.1, 0.15) is 59.6 Å². The highest BCUT2D eigenvalue weighted by molar-refractivity contribution is 6.09. The quantitative estimate of drug-likeness (QED) is 0.436. The van der Waals surface area contributed by atoms with Gasteiger partial charge in [-0.2, -0.15) is 0 Å². The molecule has 31 heavy (non-hydrogen) atoms. The van der Waals surface area contributed by atoms with Crippen molar-refractivity contribution in [2.24, 2.45) is 0 Å². The van der Waals surface area contributed by atoms with E-state index in [0.29, 0.717) is 5.52 Å². The van der Waals surface area contributed by atoms with Crippen molar-refractivity contribution >= 4 is 22.8 Å². The summed E-state index contributed by atoms with van der Waals surface area (Å²) < 4.78 is 6.06. The van der Waals surface area contributed by atoms with Crippen molar-refractivity contribution in [1.82, 2.24) is 4.98 Å². The van der Waals surface area contributed by atoms with E-state index < -0.39 is 12.7 Å². The number of carbonyl (C=O) groups is 1. The number of para-hydroxylation sites is 1. The smallest absolute Gasteiger partial charge is 0.187 e. The zero-order chi connectivity index (χ0) is 22.8. The molecule has 1 unspecified atom stereocenters. The molecule has 0 aliphatic carbocycles. The van der Waals surface area contributed by atoms with E-state index >= 15 is 0 Å². The average molecular weight is 420 g/mol. The molecule has 0 saturated heterocycles. The predicted octanol–water partition coefficient (Wildman–Crippen LogP) is 4.95. The third-order valence-corrected chi connectivity index (χ3v) is 4.83. The molecular formula is C26H29NO4. The number of carbonyl (C=O) groups excluding carboxylic acids is 1. The summed E-state index contributed by atoms with van der Waals surface area (Å²) in [4.78, 5) is 17.4. The molecule has 0 amide bonds. The van der Waals surface area contributed by atoms with Crippen LogP contribution in [0, 0.1) is 13.8 Å². The van der Waals surface area contributed by atoms with Crippen molar-refractivity contribution in [3.05, 3.63) is 76.5 Å². The molecule has 0 fully saturated rings. The number of benzene rings is 2. The lowest BCUT2D eigenvalue weighted by molar-refractivity contribution is 0.0894. The second kappa shape index (κ2) is 9.00. The highest BCUT2D eigenvalue weighted by Crippen LogP contribution is 2.29. The Morgan fingerprint density at radius 3 is 2.39 bits per heavy atom. The van der Waals surface area contributed by atoms with Crippen molar-refractivity contribution in [1.29, 1.82) is 0 Å². The Morgan fingerprint density at radius 2 is 1.77 bits per heavy atom. The van der Waals surface area contributed by atoms with Crippen LogP contribution in [0.2, 0.25) is 0 Å². The Labute approximate surface area is 183 Å². The lowest BCUT2D eigenvalue weighted by Gasteiger charge is -2.24. The van der Waals surface area contributed by atoms with Crippen molar-refractivity contribution in [2.75, 3.05) is 6.61 Å². The third kappa shape index (κ3) is 5.37. The summed E-state index contributed by atoms with van der Waals surface area (Å²) in [5.41, 5.74) is 3.68. The van der Waals surface area contributed by atoms with E-state index in [1.54, 1.807) is 18.2 Å². The Kier molecular flexibility index (Phi) is 6.58. The van der Waals surface area contributed by atoms with Crippen LogP contribution in [-0.4, -0.2) is 33.2 Å². The molecule has 0 bridgehead atoms. The molecule has 0 aliphatic heterocycles. The number of allylic oxidation sites excluding steroid dienone is 1. The van der Waals surface area contributed by atoms with E-state index in [-0.39, 0.29) is 22.6 Å². The molecular weight excluding hydrogens is 390 g/mol. The second-order valence-electron chi connectivity index (χ2n) is 8.71. The van der Waals surface area contributed by atoms with Crippen LogP contribution >= 0.6 is 0 Å². The monoisotopic (exact) mass is 419 g/mol. The molecule has 3 aromatic rings. The van der Waals surface area contributed by atoms with E-state index in [0.717, 1.165) is 27.8 Å². The number of aliphatic hydroxyl groups excluding tert-OH is 2. The molecule has 2 N–H and O–H groups in total. The minimum Gasteiger partial charge on any atom is -0.488 e. The molecule has 3 rings (SSSR count). The molecule has 5 heteroatoms. The molecule has 1 aromatic heterocycles. The van der Waals surface area contributed by atoms with Gasteiger partial charge in [-0.3, -0.25) is 4.79 Å². The van der Waals surface area contributed by atoms with Crippen LogP contribution in [0.3, 0.4) is 0 Å². The zero-order valence-corrected chi connectivity index (χ0v) is 18.6. The Hall–Kier alpha value is -3.02. The van der Waals surface area contributed by atoms with Gasteiger partial charge >= 0.3 is 0 Å². The van der Waals surface area contributed by atoms with Crippen molar-refractivity contribution in [3.63, 3.8) is 0 Å². The maximum Gasteiger partial charge on any atom is 0.187 e. The third-order valence-electron chi connectivity index (χ3n) is 4.83. The van der Waals surface area contributed by atoms with Gasteiger partial charge in [0.2, 0.25) is 0 Å². The zero-order valence-electron chi connectivity index (χ0n) is 18.6. The van der Waals surface area contributed by atoms with Gasteiger partial charge in [0.25, 0.3) is 0 Å². The summed E-state index contributed by atoms with van der Waals surface area (Å²) in [5, 5.41) is 20.4. The molecule has 162 valence electrons. The van der Waals surface area contributed by atoms with Crippen LogP contribution in [0.4, 0.5) is 0 Å². The highest BCUT2D eigenvalue weighted by atomic mass is 16.5. The number of aryl methyl sites for hydroxylation is 2. The lowest BCUT2D eigenvalue weighted by Crippen LogP contribution is -2.24. The number of fused-ring (bicyclic) bond motifs is 1. The van der Waals surface area contributed by atoms with Gasteiger partial charge in [0.15, 0.2) is 5.78 Å². The number of aliphatic hydroxyl groups is 2. The van der Waals surface area contributed by atoms with Crippen LogP contribution in [-0.2, 0) is 0 Å². The summed E-state index contributed by atoms with van der Waals surface area (Å²) in [6, 6.07) is 13.0. The molecule has 0 aliphatic rings. The highest BCUT2D eigenvalue weighted by Gasteiger charge is 2.19. The number of hydrogen-bond donors (Lipinski definition) is 2. The van der Waals surface area contributed by atoms with Gasteiger partial charge in [0, 0.05) is 10.9 Å². The van der Waals surface area contributed by atoms with E-state index in [9.17, 15) is 15.0 Å². The maximum absolute atomic E-state index is 13.0. The van der Waals surface area contributed by atoms with E-state index in [1.807, 2.05) is 65.0 Å². The first kappa shape index (κ1) is 22.7.